The summed E-state index contributed by atoms with van der Waals surface area (Å²) in [5.74, 6) is -0.931. The van der Waals surface area contributed by atoms with Crippen molar-refractivity contribution >= 4 is 36.5 Å². The van der Waals surface area contributed by atoms with Crippen LogP contribution in [0.25, 0.3) is 10.9 Å². The van der Waals surface area contributed by atoms with Gasteiger partial charge in [0.05, 0.1) is 11.1 Å². The van der Waals surface area contributed by atoms with E-state index in [1.165, 1.54) is 6.07 Å². The number of benzene rings is 1. The van der Waals surface area contributed by atoms with E-state index in [0.29, 0.717) is 29.4 Å². The molecule has 0 aliphatic carbocycles. The Labute approximate surface area is 177 Å². The molecule has 0 atom stereocenters. The molecule has 0 aliphatic heterocycles. The van der Waals surface area contributed by atoms with Crippen LogP contribution in [0.3, 0.4) is 0 Å². The van der Waals surface area contributed by atoms with Crippen molar-refractivity contribution in [2.45, 2.75) is 45.8 Å². The predicted octanol–water partition coefficient (Wildman–Crippen LogP) is 5.60. The van der Waals surface area contributed by atoms with E-state index in [-0.39, 0.29) is 0 Å². The second-order valence-corrected chi connectivity index (χ2v) is 14.6. The fourth-order valence-electron chi connectivity index (χ4n) is 3.24. The van der Waals surface area contributed by atoms with Gasteiger partial charge in [0.1, 0.15) is 11.9 Å². The van der Waals surface area contributed by atoms with E-state index < -0.39 is 14.0 Å². The molecule has 0 aliphatic rings. The van der Waals surface area contributed by atoms with Crippen molar-refractivity contribution in [1.29, 1.82) is 0 Å². The summed E-state index contributed by atoms with van der Waals surface area (Å²) in [4.78, 5) is 15.7. The molecule has 3 aromatic rings. The lowest BCUT2D eigenvalue weighted by molar-refractivity contribution is 0.0695. The Morgan fingerprint density at radius 3 is 2.69 bits per heavy atom. The van der Waals surface area contributed by atoms with E-state index in [9.17, 15) is 9.90 Å². The summed E-state index contributed by atoms with van der Waals surface area (Å²) in [7, 11) is -1.12. The van der Waals surface area contributed by atoms with Gasteiger partial charge in [-0.15, -0.1) is 0 Å². The molecule has 1 N–H and O–H groups in total. The van der Waals surface area contributed by atoms with Gasteiger partial charge in [-0.3, -0.25) is 4.98 Å². The Bertz CT molecular complexity index is 1040. The van der Waals surface area contributed by atoms with Crippen LogP contribution < -0.4 is 0 Å². The van der Waals surface area contributed by atoms with Crippen molar-refractivity contribution < 1.29 is 14.6 Å². The van der Waals surface area contributed by atoms with Crippen molar-refractivity contribution in [2.75, 3.05) is 6.61 Å². The maximum absolute atomic E-state index is 11.3. The molecular formula is C22H27ClN2O3Si. The number of carbonyl (C=O) groups is 1. The number of aromatic nitrogens is 2. The maximum atomic E-state index is 11.3. The first kappa shape index (κ1) is 21.6. The molecule has 0 fully saturated rings. The largest absolute Gasteiger partial charge is 0.478 e. The number of aromatic carboxylic acids is 1. The normalized spacial score (nSPS) is 11.9. The van der Waals surface area contributed by atoms with Crippen molar-refractivity contribution in [2.24, 2.45) is 0 Å². The van der Waals surface area contributed by atoms with Gasteiger partial charge in [-0.2, -0.15) is 0 Å². The molecule has 29 heavy (non-hydrogen) atoms. The van der Waals surface area contributed by atoms with Crippen LogP contribution in [-0.4, -0.2) is 35.3 Å². The maximum Gasteiger partial charge on any atom is 0.336 e. The van der Waals surface area contributed by atoms with Gasteiger partial charge in [0.15, 0.2) is 0 Å². The molecule has 1 aromatic carbocycles. The number of ether oxygens (including phenoxy) is 1. The molecule has 7 heteroatoms. The molecule has 0 saturated heterocycles. The van der Waals surface area contributed by atoms with E-state index >= 15 is 0 Å². The van der Waals surface area contributed by atoms with Gasteiger partial charge in [-0.1, -0.05) is 37.3 Å². The molecule has 0 bridgehead atoms. The quantitative estimate of drug-likeness (QED) is 0.373. The highest BCUT2D eigenvalue weighted by atomic mass is 35.5. The van der Waals surface area contributed by atoms with Crippen LogP contribution in [0.1, 0.15) is 27.2 Å². The van der Waals surface area contributed by atoms with Gasteiger partial charge in [0.25, 0.3) is 0 Å². The minimum atomic E-state index is -1.12. The number of nitrogens with zero attached hydrogens (tertiary/aromatic N) is 2. The van der Waals surface area contributed by atoms with E-state index in [0.717, 1.165) is 34.8 Å². The van der Waals surface area contributed by atoms with Crippen LogP contribution in [0.2, 0.25) is 30.8 Å². The number of rotatable bonds is 8. The van der Waals surface area contributed by atoms with E-state index in [4.69, 9.17) is 16.3 Å². The van der Waals surface area contributed by atoms with Gasteiger partial charge < -0.3 is 14.4 Å². The number of pyridine rings is 1. The Hall–Kier alpha value is -2.15. The molecule has 0 radical (unpaired) electrons. The highest BCUT2D eigenvalue weighted by Crippen LogP contribution is 2.26. The predicted molar refractivity (Wildman–Crippen MR) is 120 cm³/mol. The van der Waals surface area contributed by atoms with Crippen LogP contribution in [0, 0.1) is 6.92 Å². The van der Waals surface area contributed by atoms with Crippen LogP contribution in [0.4, 0.5) is 0 Å². The molecular weight excluding hydrogens is 404 g/mol. The molecule has 0 unspecified atom stereocenters. The van der Waals surface area contributed by atoms with E-state index in [2.05, 4.69) is 30.7 Å². The van der Waals surface area contributed by atoms with Crippen molar-refractivity contribution in [3.8, 4) is 0 Å². The smallest absolute Gasteiger partial charge is 0.336 e. The highest BCUT2D eigenvalue weighted by molar-refractivity contribution is 6.76. The lowest BCUT2D eigenvalue weighted by Gasteiger charge is -2.16. The zero-order valence-corrected chi connectivity index (χ0v) is 19.1. The molecule has 5 nitrogen and oxygen atoms in total. The molecule has 2 aromatic heterocycles. The van der Waals surface area contributed by atoms with E-state index in [1.54, 1.807) is 13.1 Å². The number of carboxylic acids is 1. The number of hydrogen-bond acceptors (Lipinski definition) is 3. The van der Waals surface area contributed by atoms with Gasteiger partial charge >= 0.3 is 5.97 Å². The minimum absolute atomic E-state index is 0.292. The second-order valence-electron chi connectivity index (χ2n) is 8.55. The first-order valence-corrected chi connectivity index (χ1v) is 13.8. The Kier molecular flexibility index (Phi) is 6.46. The van der Waals surface area contributed by atoms with Crippen molar-refractivity contribution in [3.05, 3.63) is 64.1 Å². The Morgan fingerprint density at radius 1 is 1.24 bits per heavy atom. The topological polar surface area (TPSA) is 64.3 Å². The van der Waals surface area contributed by atoms with Crippen molar-refractivity contribution in [1.82, 2.24) is 9.55 Å². The van der Waals surface area contributed by atoms with Crippen LogP contribution >= 0.6 is 11.6 Å². The van der Waals surface area contributed by atoms with Gasteiger partial charge in [-0.05, 0) is 48.4 Å². The summed E-state index contributed by atoms with van der Waals surface area (Å²) in [6, 6.07) is 10.7. The third kappa shape index (κ3) is 5.26. The summed E-state index contributed by atoms with van der Waals surface area (Å²) in [6.07, 6.45) is 2.12. The summed E-state index contributed by atoms with van der Waals surface area (Å²) >= 11 is 6.44. The minimum Gasteiger partial charge on any atom is -0.478 e. The Balaban J connectivity index is 1.78. The molecule has 154 valence electrons. The third-order valence-electron chi connectivity index (χ3n) is 5.04. The number of hydrogen-bond donors (Lipinski definition) is 1. The summed E-state index contributed by atoms with van der Waals surface area (Å²) in [5.41, 5.74) is 3.84. The van der Waals surface area contributed by atoms with E-state index in [1.807, 2.05) is 22.8 Å². The first-order chi connectivity index (χ1) is 13.7. The van der Waals surface area contributed by atoms with Crippen LogP contribution in [0.15, 0.2) is 36.5 Å². The fraction of sp³-hybridized carbons (Fsp3) is 0.364. The van der Waals surface area contributed by atoms with Gasteiger partial charge in [0.2, 0.25) is 0 Å². The zero-order valence-electron chi connectivity index (χ0n) is 17.3. The summed E-state index contributed by atoms with van der Waals surface area (Å²) < 4.78 is 7.84. The van der Waals surface area contributed by atoms with Gasteiger partial charge in [-0.25, -0.2) is 4.79 Å². The summed E-state index contributed by atoms with van der Waals surface area (Å²) in [5, 5.41) is 11.0. The van der Waals surface area contributed by atoms with Crippen molar-refractivity contribution in [3.63, 3.8) is 0 Å². The highest BCUT2D eigenvalue weighted by Gasteiger charge is 2.14. The van der Waals surface area contributed by atoms with Crippen LogP contribution in [0.5, 0.6) is 0 Å². The molecule has 3 rings (SSSR count). The molecule has 0 amide bonds. The molecule has 0 spiro atoms. The number of halogens is 1. The molecule has 2 heterocycles. The number of fused-ring (bicyclic) bond motifs is 1. The first-order valence-electron chi connectivity index (χ1n) is 9.69. The zero-order chi connectivity index (χ0) is 21.2. The summed E-state index contributed by atoms with van der Waals surface area (Å²) in [6.45, 7) is 9.98. The van der Waals surface area contributed by atoms with Crippen LogP contribution in [-0.2, 0) is 17.9 Å². The SMILES string of the molecule is Cc1c(C(=O)O)ccnc1Cc1ccc2c(c1)cc(Cl)n2COCC[Si](C)(C)C. The standard InChI is InChI=1S/C22H27ClN2O3Si/c1-15-18(22(26)27)7-8-24-19(15)12-16-5-6-20-17(11-16)13-21(23)25(20)14-28-9-10-29(2,3)4/h5-8,11,13H,9-10,12,14H2,1-4H3,(H,26,27). The third-order valence-corrected chi connectivity index (χ3v) is 7.06. The average Bonchev–Trinajstić information content (AvgIpc) is 2.94. The fourth-order valence-corrected chi connectivity index (χ4v) is 4.26. The van der Waals surface area contributed by atoms with Gasteiger partial charge in [0, 0.05) is 38.4 Å². The average molecular weight is 431 g/mol. The second kappa shape index (κ2) is 8.69. The molecule has 0 saturated carbocycles. The number of carboxylic acid groups (broad SMARTS) is 1. The monoisotopic (exact) mass is 430 g/mol. The lowest BCUT2D eigenvalue weighted by atomic mass is 10.0. The Morgan fingerprint density at radius 2 is 2.00 bits per heavy atom. The lowest BCUT2D eigenvalue weighted by Crippen LogP contribution is -2.22.